The van der Waals surface area contributed by atoms with Crippen LogP contribution in [0.5, 0.6) is 0 Å². The lowest BCUT2D eigenvalue weighted by Gasteiger charge is -2.41. The van der Waals surface area contributed by atoms with E-state index in [2.05, 4.69) is 0 Å². The Hall–Kier alpha value is -1.10. The second kappa shape index (κ2) is 4.61. The van der Waals surface area contributed by atoms with Gasteiger partial charge in [0, 0.05) is 13.0 Å². The second-order valence-electron chi connectivity index (χ2n) is 4.24. The van der Waals surface area contributed by atoms with E-state index in [4.69, 9.17) is 5.73 Å². The van der Waals surface area contributed by atoms with Crippen molar-refractivity contribution in [3.8, 4) is 0 Å². The number of carbonyl (C=O) groups is 2. The highest BCUT2D eigenvalue weighted by Gasteiger charge is 2.40. The third-order valence-electron chi connectivity index (χ3n) is 3.13. The molecule has 1 atom stereocenters. The number of hydrogen-bond acceptors (Lipinski definition) is 3. The van der Waals surface area contributed by atoms with Gasteiger partial charge in [-0.2, -0.15) is 0 Å². The van der Waals surface area contributed by atoms with Crippen LogP contribution in [0.15, 0.2) is 0 Å². The molecule has 0 aromatic rings. The largest absolute Gasteiger partial charge is 0.480 e. The smallest absolute Gasteiger partial charge is 0.323 e. The topological polar surface area (TPSA) is 83.6 Å². The minimum atomic E-state index is -0.826. The molecule has 1 heterocycles. The Morgan fingerprint density at radius 1 is 1.47 bits per heavy atom. The molecule has 0 bridgehead atoms. The SMILES string of the molecule is CC1(C(=O)O)CCCCN1CCC(N)=O. The molecule has 1 fully saturated rings. The zero-order valence-electron chi connectivity index (χ0n) is 9.03. The maximum absolute atomic E-state index is 11.2. The molecule has 0 aliphatic carbocycles. The fourth-order valence-electron chi connectivity index (χ4n) is 2.02. The van der Waals surface area contributed by atoms with Gasteiger partial charge >= 0.3 is 5.97 Å². The van der Waals surface area contributed by atoms with Gasteiger partial charge in [0.15, 0.2) is 0 Å². The molecular weight excluding hydrogens is 196 g/mol. The quantitative estimate of drug-likeness (QED) is 0.699. The van der Waals surface area contributed by atoms with Crippen LogP contribution in [0.1, 0.15) is 32.6 Å². The van der Waals surface area contributed by atoms with Gasteiger partial charge in [-0.1, -0.05) is 0 Å². The standard InChI is InChI=1S/C10H18N2O3/c1-10(9(14)15)5-2-3-6-12(10)7-4-8(11)13/h2-7H2,1H3,(H2,11,13)(H,14,15). The predicted octanol–water partition coefficient (Wildman–Crippen LogP) is 0.191. The predicted molar refractivity (Wildman–Crippen MR) is 55.3 cm³/mol. The van der Waals surface area contributed by atoms with E-state index in [9.17, 15) is 14.7 Å². The van der Waals surface area contributed by atoms with Crippen molar-refractivity contribution in [3.63, 3.8) is 0 Å². The van der Waals surface area contributed by atoms with Gasteiger partial charge in [-0.3, -0.25) is 14.5 Å². The Labute approximate surface area is 89.2 Å². The molecule has 5 nitrogen and oxygen atoms in total. The van der Waals surface area contributed by atoms with E-state index in [0.717, 1.165) is 19.4 Å². The summed E-state index contributed by atoms with van der Waals surface area (Å²) in [6.45, 7) is 2.89. The third-order valence-corrected chi connectivity index (χ3v) is 3.13. The molecule has 1 saturated heterocycles. The number of rotatable bonds is 4. The van der Waals surface area contributed by atoms with E-state index < -0.39 is 11.5 Å². The van der Waals surface area contributed by atoms with Crippen molar-refractivity contribution in [2.24, 2.45) is 5.73 Å². The summed E-state index contributed by atoms with van der Waals surface area (Å²) in [4.78, 5) is 23.7. The Balaban J connectivity index is 2.65. The Morgan fingerprint density at radius 3 is 2.67 bits per heavy atom. The monoisotopic (exact) mass is 214 g/mol. The van der Waals surface area contributed by atoms with Crippen molar-refractivity contribution in [3.05, 3.63) is 0 Å². The first-order valence-corrected chi connectivity index (χ1v) is 5.23. The Kier molecular flexibility index (Phi) is 3.68. The van der Waals surface area contributed by atoms with E-state index in [1.165, 1.54) is 0 Å². The summed E-state index contributed by atoms with van der Waals surface area (Å²) in [5.74, 6) is -1.19. The molecule has 0 saturated carbocycles. The van der Waals surface area contributed by atoms with Gasteiger partial charge in [0.1, 0.15) is 5.54 Å². The lowest BCUT2D eigenvalue weighted by Crippen LogP contribution is -2.55. The third kappa shape index (κ3) is 2.68. The first-order chi connectivity index (χ1) is 6.97. The molecule has 1 rings (SSSR count). The first kappa shape index (κ1) is 12.0. The van der Waals surface area contributed by atoms with Crippen LogP contribution in [0.3, 0.4) is 0 Å². The van der Waals surface area contributed by atoms with Crippen LogP contribution in [-0.2, 0) is 9.59 Å². The van der Waals surface area contributed by atoms with Gasteiger partial charge in [-0.05, 0) is 32.7 Å². The van der Waals surface area contributed by atoms with Gasteiger partial charge in [0.25, 0.3) is 0 Å². The van der Waals surface area contributed by atoms with Crippen LogP contribution in [0.25, 0.3) is 0 Å². The van der Waals surface area contributed by atoms with Crippen LogP contribution in [0, 0.1) is 0 Å². The molecule has 0 radical (unpaired) electrons. The average Bonchev–Trinajstić information content (AvgIpc) is 2.16. The average molecular weight is 214 g/mol. The van der Waals surface area contributed by atoms with E-state index >= 15 is 0 Å². The fraction of sp³-hybridized carbons (Fsp3) is 0.800. The number of piperidine rings is 1. The molecule has 0 aromatic carbocycles. The zero-order valence-corrected chi connectivity index (χ0v) is 9.03. The molecule has 1 aliphatic rings. The minimum absolute atomic E-state index is 0.225. The summed E-state index contributed by atoms with van der Waals surface area (Å²) in [5.41, 5.74) is 4.24. The lowest BCUT2D eigenvalue weighted by molar-refractivity contribution is -0.153. The Morgan fingerprint density at radius 2 is 2.13 bits per heavy atom. The van der Waals surface area contributed by atoms with Gasteiger partial charge in [0.2, 0.25) is 5.91 Å². The Bertz CT molecular complexity index is 267. The number of likely N-dealkylation sites (tertiary alicyclic amines) is 1. The summed E-state index contributed by atoms with van der Waals surface area (Å²) in [6.07, 6.45) is 2.78. The van der Waals surface area contributed by atoms with Gasteiger partial charge in [0.05, 0.1) is 0 Å². The first-order valence-electron chi connectivity index (χ1n) is 5.23. The van der Waals surface area contributed by atoms with Gasteiger partial charge < -0.3 is 10.8 Å². The minimum Gasteiger partial charge on any atom is -0.480 e. The van der Waals surface area contributed by atoms with E-state index in [-0.39, 0.29) is 12.3 Å². The number of amides is 1. The summed E-state index contributed by atoms with van der Waals surface area (Å²) >= 11 is 0. The molecule has 5 heteroatoms. The molecule has 1 unspecified atom stereocenters. The summed E-state index contributed by atoms with van der Waals surface area (Å²) < 4.78 is 0. The number of nitrogens with zero attached hydrogens (tertiary/aromatic N) is 1. The molecular formula is C10H18N2O3. The van der Waals surface area contributed by atoms with Crippen molar-refractivity contribution in [1.29, 1.82) is 0 Å². The summed E-state index contributed by atoms with van der Waals surface area (Å²) in [7, 11) is 0. The van der Waals surface area contributed by atoms with Crippen molar-refractivity contribution < 1.29 is 14.7 Å². The highest BCUT2D eigenvalue weighted by molar-refractivity contribution is 5.78. The highest BCUT2D eigenvalue weighted by atomic mass is 16.4. The highest BCUT2D eigenvalue weighted by Crippen LogP contribution is 2.28. The number of carbonyl (C=O) groups excluding carboxylic acids is 1. The molecule has 1 aliphatic heterocycles. The lowest BCUT2D eigenvalue weighted by atomic mass is 9.88. The van der Waals surface area contributed by atoms with Gasteiger partial charge in [-0.25, -0.2) is 0 Å². The second-order valence-corrected chi connectivity index (χ2v) is 4.24. The maximum atomic E-state index is 11.2. The number of primary amides is 1. The number of hydrogen-bond donors (Lipinski definition) is 2. The molecule has 86 valence electrons. The maximum Gasteiger partial charge on any atom is 0.323 e. The van der Waals surface area contributed by atoms with Crippen molar-refractivity contribution >= 4 is 11.9 Å². The number of carboxylic acid groups (broad SMARTS) is 1. The molecule has 0 spiro atoms. The van der Waals surface area contributed by atoms with Crippen LogP contribution in [-0.4, -0.2) is 40.5 Å². The fourth-order valence-corrected chi connectivity index (χ4v) is 2.02. The van der Waals surface area contributed by atoms with Crippen LogP contribution >= 0.6 is 0 Å². The van der Waals surface area contributed by atoms with E-state index in [1.807, 2.05) is 4.90 Å². The van der Waals surface area contributed by atoms with Gasteiger partial charge in [-0.15, -0.1) is 0 Å². The molecule has 1 amide bonds. The van der Waals surface area contributed by atoms with Crippen molar-refractivity contribution in [1.82, 2.24) is 4.90 Å². The van der Waals surface area contributed by atoms with Crippen molar-refractivity contribution in [2.45, 2.75) is 38.1 Å². The number of nitrogens with two attached hydrogens (primary N) is 1. The van der Waals surface area contributed by atoms with E-state index in [0.29, 0.717) is 13.0 Å². The zero-order chi connectivity index (χ0) is 11.5. The van der Waals surface area contributed by atoms with Crippen LogP contribution in [0.4, 0.5) is 0 Å². The van der Waals surface area contributed by atoms with E-state index in [1.54, 1.807) is 6.92 Å². The van der Waals surface area contributed by atoms with Crippen LogP contribution < -0.4 is 5.73 Å². The normalized spacial score (nSPS) is 27.5. The molecule has 15 heavy (non-hydrogen) atoms. The summed E-state index contributed by atoms with van der Waals surface area (Å²) in [5, 5.41) is 9.18. The number of aliphatic carboxylic acids is 1. The number of carboxylic acids is 1. The van der Waals surface area contributed by atoms with Crippen LogP contribution in [0.2, 0.25) is 0 Å². The summed E-state index contributed by atoms with van der Waals surface area (Å²) in [6, 6.07) is 0. The van der Waals surface area contributed by atoms with Crippen molar-refractivity contribution in [2.75, 3.05) is 13.1 Å². The molecule has 0 aromatic heterocycles. The molecule has 3 N–H and O–H groups in total.